The van der Waals surface area contributed by atoms with Gasteiger partial charge >= 0.3 is 0 Å². The summed E-state index contributed by atoms with van der Waals surface area (Å²) >= 11 is 0. The number of aromatic amines is 1. The molecule has 2 rings (SSSR count). The Labute approximate surface area is 93.5 Å². The fourth-order valence-electron chi connectivity index (χ4n) is 1.57. The third kappa shape index (κ3) is 2.46. The second kappa shape index (κ2) is 4.45. The van der Waals surface area contributed by atoms with Gasteiger partial charge in [0, 0.05) is 18.0 Å². The number of aromatic nitrogens is 2. The molecule has 1 heterocycles. The van der Waals surface area contributed by atoms with Crippen LogP contribution in [-0.2, 0) is 6.42 Å². The monoisotopic (exact) mass is 219 g/mol. The largest absolute Gasteiger partial charge is 0.342 e. The molecule has 84 valence electrons. The van der Waals surface area contributed by atoms with Gasteiger partial charge in [0.25, 0.3) is 0 Å². The lowest BCUT2D eigenvalue weighted by molar-refractivity contribution is 0.628. The fourth-order valence-corrected chi connectivity index (χ4v) is 1.57. The summed E-state index contributed by atoms with van der Waals surface area (Å²) in [7, 11) is 0. The molecule has 3 nitrogen and oxygen atoms in total. The van der Waals surface area contributed by atoms with E-state index in [4.69, 9.17) is 5.73 Å². The predicted molar refractivity (Wildman–Crippen MR) is 61.3 cm³/mol. The Balaban J connectivity index is 2.24. The normalized spacial score (nSPS) is 12.7. The zero-order valence-electron chi connectivity index (χ0n) is 9.07. The van der Waals surface area contributed by atoms with Crippen LogP contribution < -0.4 is 5.73 Å². The first-order valence-corrected chi connectivity index (χ1v) is 5.20. The number of halogens is 1. The quantitative estimate of drug-likeness (QED) is 0.830. The molecule has 0 saturated heterocycles. The van der Waals surface area contributed by atoms with Crippen molar-refractivity contribution >= 4 is 0 Å². The molecular weight excluding hydrogens is 205 g/mol. The first kappa shape index (κ1) is 10.8. The number of rotatable bonds is 3. The highest BCUT2D eigenvalue weighted by atomic mass is 19.1. The maximum absolute atomic E-state index is 13.0. The number of nitrogens with one attached hydrogen (secondary N) is 1. The van der Waals surface area contributed by atoms with Gasteiger partial charge in [0.1, 0.15) is 11.6 Å². The molecule has 0 aliphatic heterocycles. The lowest BCUT2D eigenvalue weighted by Gasteiger charge is -2.00. The number of hydrogen-bond donors (Lipinski definition) is 2. The molecule has 0 bridgehead atoms. The van der Waals surface area contributed by atoms with E-state index in [-0.39, 0.29) is 11.9 Å². The zero-order chi connectivity index (χ0) is 11.5. The molecule has 1 aromatic carbocycles. The van der Waals surface area contributed by atoms with Gasteiger partial charge in [-0.1, -0.05) is 12.1 Å². The van der Waals surface area contributed by atoms with Crippen molar-refractivity contribution in [2.45, 2.75) is 19.4 Å². The van der Waals surface area contributed by atoms with Crippen LogP contribution in [0.5, 0.6) is 0 Å². The Morgan fingerprint density at radius 2 is 2.31 bits per heavy atom. The van der Waals surface area contributed by atoms with E-state index in [1.165, 1.54) is 12.1 Å². The standard InChI is InChI=1S/C12H14FN3/c1-8(14)5-12-15-7-11(16-12)9-3-2-4-10(13)6-9/h2-4,6-8H,5,14H2,1H3,(H,15,16). The highest BCUT2D eigenvalue weighted by Crippen LogP contribution is 2.18. The van der Waals surface area contributed by atoms with E-state index in [2.05, 4.69) is 9.97 Å². The van der Waals surface area contributed by atoms with E-state index in [1.54, 1.807) is 12.3 Å². The molecule has 0 amide bonds. The van der Waals surface area contributed by atoms with Crippen LogP contribution >= 0.6 is 0 Å². The number of benzene rings is 1. The van der Waals surface area contributed by atoms with Crippen molar-refractivity contribution in [3.63, 3.8) is 0 Å². The van der Waals surface area contributed by atoms with E-state index in [0.717, 1.165) is 17.1 Å². The third-order valence-corrected chi connectivity index (χ3v) is 2.28. The number of imidazole rings is 1. The van der Waals surface area contributed by atoms with Crippen molar-refractivity contribution in [3.8, 4) is 11.3 Å². The number of nitrogens with zero attached hydrogens (tertiary/aromatic N) is 1. The Hall–Kier alpha value is -1.68. The third-order valence-electron chi connectivity index (χ3n) is 2.28. The minimum atomic E-state index is -0.249. The maximum Gasteiger partial charge on any atom is 0.123 e. The van der Waals surface area contributed by atoms with Crippen LogP contribution in [0.25, 0.3) is 11.3 Å². The topological polar surface area (TPSA) is 54.7 Å². The summed E-state index contributed by atoms with van der Waals surface area (Å²) in [4.78, 5) is 7.33. The van der Waals surface area contributed by atoms with Gasteiger partial charge in [0.15, 0.2) is 0 Å². The molecule has 0 spiro atoms. The average Bonchev–Trinajstić information content (AvgIpc) is 2.65. The van der Waals surface area contributed by atoms with Crippen molar-refractivity contribution in [1.82, 2.24) is 9.97 Å². The van der Waals surface area contributed by atoms with Crippen LogP contribution in [0.4, 0.5) is 4.39 Å². The van der Waals surface area contributed by atoms with Gasteiger partial charge in [-0.25, -0.2) is 9.37 Å². The Morgan fingerprint density at radius 1 is 1.50 bits per heavy atom. The maximum atomic E-state index is 13.0. The first-order chi connectivity index (χ1) is 7.65. The molecule has 0 fully saturated rings. The van der Waals surface area contributed by atoms with Crippen molar-refractivity contribution in [2.75, 3.05) is 0 Å². The molecule has 4 heteroatoms. The molecule has 1 atom stereocenters. The van der Waals surface area contributed by atoms with Gasteiger partial charge < -0.3 is 10.7 Å². The van der Waals surface area contributed by atoms with Crippen molar-refractivity contribution in [2.24, 2.45) is 5.73 Å². The highest BCUT2D eigenvalue weighted by Gasteiger charge is 2.05. The van der Waals surface area contributed by atoms with Crippen LogP contribution in [0.15, 0.2) is 30.5 Å². The first-order valence-electron chi connectivity index (χ1n) is 5.20. The molecule has 3 N–H and O–H groups in total. The summed E-state index contributed by atoms with van der Waals surface area (Å²) in [6, 6.07) is 6.47. The van der Waals surface area contributed by atoms with E-state index < -0.39 is 0 Å². The molecule has 0 radical (unpaired) electrons. The lowest BCUT2D eigenvalue weighted by atomic mass is 10.2. The van der Waals surface area contributed by atoms with Crippen molar-refractivity contribution < 1.29 is 4.39 Å². The van der Waals surface area contributed by atoms with Gasteiger partial charge in [-0.2, -0.15) is 0 Å². The van der Waals surface area contributed by atoms with Crippen LogP contribution in [0.3, 0.4) is 0 Å². The van der Waals surface area contributed by atoms with Crippen LogP contribution in [0.2, 0.25) is 0 Å². The second-order valence-electron chi connectivity index (χ2n) is 3.94. The van der Waals surface area contributed by atoms with Crippen LogP contribution in [0, 0.1) is 5.82 Å². The number of nitrogens with two attached hydrogens (primary N) is 1. The van der Waals surface area contributed by atoms with Crippen LogP contribution in [-0.4, -0.2) is 16.0 Å². The van der Waals surface area contributed by atoms with E-state index in [0.29, 0.717) is 6.42 Å². The van der Waals surface area contributed by atoms with Crippen LogP contribution in [0.1, 0.15) is 12.7 Å². The Bertz CT molecular complexity index is 477. The minimum Gasteiger partial charge on any atom is -0.342 e. The van der Waals surface area contributed by atoms with Gasteiger partial charge in [0.2, 0.25) is 0 Å². The van der Waals surface area contributed by atoms with Gasteiger partial charge in [0.05, 0.1) is 11.9 Å². The summed E-state index contributed by atoms with van der Waals surface area (Å²) in [6.45, 7) is 1.92. The second-order valence-corrected chi connectivity index (χ2v) is 3.94. The summed E-state index contributed by atoms with van der Waals surface area (Å²) in [5, 5.41) is 0. The average molecular weight is 219 g/mol. The fraction of sp³-hybridized carbons (Fsp3) is 0.250. The minimum absolute atomic E-state index is 0.0616. The van der Waals surface area contributed by atoms with Crippen molar-refractivity contribution in [3.05, 3.63) is 42.1 Å². The smallest absolute Gasteiger partial charge is 0.123 e. The molecule has 0 aliphatic carbocycles. The molecule has 1 aromatic heterocycles. The zero-order valence-corrected chi connectivity index (χ0v) is 9.07. The Kier molecular flexibility index (Phi) is 3.01. The Morgan fingerprint density at radius 3 is 3.00 bits per heavy atom. The molecule has 0 aliphatic rings. The summed E-state index contributed by atoms with van der Waals surface area (Å²) in [5.41, 5.74) is 7.29. The number of H-pyrrole nitrogens is 1. The van der Waals surface area contributed by atoms with E-state index in [1.807, 2.05) is 13.0 Å². The molecule has 16 heavy (non-hydrogen) atoms. The van der Waals surface area contributed by atoms with Crippen molar-refractivity contribution in [1.29, 1.82) is 0 Å². The van der Waals surface area contributed by atoms with E-state index >= 15 is 0 Å². The lowest BCUT2D eigenvalue weighted by Crippen LogP contribution is -2.18. The summed E-state index contributed by atoms with van der Waals surface area (Å²) in [6.07, 6.45) is 2.39. The SMILES string of the molecule is CC(N)Cc1ncc(-c2cccc(F)c2)[nH]1. The van der Waals surface area contributed by atoms with E-state index in [9.17, 15) is 4.39 Å². The molecular formula is C12H14FN3. The highest BCUT2D eigenvalue weighted by molar-refractivity contribution is 5.58. The molecule has 2 aromatic rings. The summed E-state index contributed by atoms with van der Waals surface area (Å²) < 4.78 is 13.0. The molecule has 0 saturated carbocycles. The van der Waals surface area contributed by atoms with Gasteiger partial charge in [-0.15, -0.1) is 0 Å². The summed E-state index contributed by atoms with van der Waals surface area (Å²) in [5.74, 6) is 0.579. The molecule has 1 unspecified atom stereocenters. The van der Waals surface area contributed by atoms with Gasteiger partial charge in [-0.05, 0) is 19.1 Å². The predicted octanol–water partition coefficient (Wildman–Crippen LogP) is 2.11. The van der Waals surface area contributed by atoms with Gasteiger partial charge in [-0.3, -0.25) is 0 Å². The number of hydrogen-bond acceptors (Lipinski definition) is 2.